The Labute approximate surface area is 135 Å². The molecular weight excluding hydrogens is 288 g/mol. The minimum Gasteiger partial charge on any atom is -0.366 e. The number of carbonyl (C=O) groups is 2. The Morgan fingerprint density at radius 1 is 1.13 bits per heavy atom. The van der Waals surface area contributed by atoms with E-state index >= 15 is 0 Å². The Morgan fingerprint density at radius 3 is 2.57 bits per heavy atom. The van der Waals surface area contributed by atoms with E-state index in [1.54, 1.807) is 25.1 Å². The van der Waals surface area contributed by atoms with Crippen LogP contribution in [0.3, 0.4) is 0 Å². The standard InChI is InChI=1S/C19H20N2O2/c1-11-5-3-6-13(9-11)15-10-16(15)19(23)21-17-8-4-7-14(12(17)2)18(20)22/h3-9,15-16H,10H2,1-2H3,(H2,20,22)(H,21,23)/t15-,16+/m0/s1. The van der Waals surface area contributed by atoms with Crippen LogP contribution in [-0.2, 0) is 4.79 Å². The van der Waals surface area contributed by atoms with Gasteiger partial charge in [-0.1, -0.05) is 35.9 Å². The van der Waals surface area contributed by atoms with Gasteiger partial charge in [-0.25, -0.2) is 0 Å². The molecule has 0 unspecified atom stereocenters. The van der Waals surface area contributed by atoms with Crippen molar-refractivity contribution in [2.75, 3.05) is 5.32 Å². The minimum atomic E-state index is -0.484. The van der Waals surface area contributed by atoms with Crippen LogP contribution in [0.25, 0.3) is 0 Å². The summed E-state index contributed by atoms with van der Waals surface area (Å²) in [7, 11) is 0. The fourth-order valence-electron chi connectivity index (χ4n) is 3.02. The third-order valence-electron chi connectivity index (χ3n) is 4.45. The second-order valence-corrected chi connectivity index (χ2v) is 6.19. The molecule has 1 aliphatic rings. The zero-order valence-electron chi connectivity index (χ0n) is 13.3. The topological polar surface area (TPSA) is 72.2 Å². The van der Waals surface area contributed by atoms with Gasteiger partial charge in [0, 0.05) is 17.2 Å². The SMILES string of the molecule is Cc1cccc([C@@H]2C[C@H]2C(=O)Nc2cccc(C(N)=O)c2C)c1. The van der Waals surface area contributed by atoms with E-state index in [-0.39, 0.29) is 17.7 Å². The van der Waals surface area contributed by atoms with Crippen LogP contribution in [-0.4, -0.2) is 11.8 Å². The molecule has 0 spiro atoms. The summed E-state index contributed by atoms with van der Waals surface area (Å²) in [4.78, 5) is 23.8. The van der Waals surface area contributed by atoms with Crippen molar-refractivity contribution in [2.45, 2.75) is 26.2 Å². The van der Waals surface area contributed by atoms with E-state index in [2.05, 4.69) is 30.4 Å². The molecule has 1 aliphatic carbocycles. The smallest absolute Gasteiger partial charge is 0.249 e. The number of nitrogens with one attached hydrogen (secondary N) is 1. The van der Waals surface area contributed by atoms with E-state index in [0.717, 1.165) is 6.42 Å². The predicted octanol–water partition coefficient (Wildman–Crippen LogP) is 3.14. The highest BCUT2D eigenvalue weighted by Crippen LogP contribution is 2.48. The molecule has 2 amide bonds. The van der Waals surface area contributed by atoms with Crippen LogP contribution in [0.1, 0.15) is 39.4 Å². The maximum absolute atomic E-state index is 12.4. The van der Waals surface area contributed by atoms with Crippen molar-refractivity contribution in [1.29, 1.82) is 0 Å². The molecule has 4 nitrogen and oxygen atoms in total. The first-order valence-electron chi connectivity index (χ1n) is 7.74. The summed E-state index contributed by atoms with van der Waals surface area (Å²) in [6.07, 6.45) is 0.865. The van der Waals surface area contributed by atoms with Gasteiger partial charge >= 0.3 is 0 Å². The van der Waals surface area contributed by atoms with Crippen LogP contribution in [0.5, 0.6) is 0 Å². The Hall–Kier alpha value is -2.62. The summed E-state index contributed by atoms with van der Waals surface area (Å²) in [6.45, 7) is 3.85. The molecule has 23 heavy (non-hydrogen) atoms. The fraction of sp³-hybridized carbons (Fsp3) is 0.263. The monoisotopic (exact) mass is 308 g/mol. The van der Waals surface area contributed by atoms with Crippen LogP contribution >= 0.6 is 0 Å². The lowest BCUT2D eigenvalue weighted by atomic mass is 10.0. The molecule has 2 aromatic carbocycles. The summed E-state index contributed by atoms with van der Waals surface area (Å²) in [5.74, 6) is -0.202. The van der Waals surface area contributed by atoms with Gasteiger partial charge in [-0.05, 0) is 49.4 Å². The zero-order chi connectivity index (χ0) is 16.6. The second-order valence-electron chi connectivity index (χ2n) is 6.19. The van der Waals surface area contributed by atoms with Gasteiger partial charge in [-0.3, -0.25) is 9.59 Å². The molecule has 3 rings (SSSR count). The number of primary amides is 1. The summed E-state index contributed by atoms with van der Waals surface area (Å²) in [6, 6.07) is 13.5. The predicted molar refractivity (Wildman–Crippen MR) is 90.4 cm³/mol. The lowest BCUT2D eigenvalue weighted by molar-refractivity contribution is -0.117. The summed E-state index contributed by atoms with van der Waals surface area (Å²) in [5, 5.41) is 2.94. The molecule has 1 saturated carbocycles. The average molecular weight is 308 g/mol. The molecule has 0 heterocycles. The van der Waals surface area contributed by atoms with Gasteiger partial charge in [-0.2, -0.15) is 0 Å². The fourth-order valence-corrected chi connectivity index (χ4v) is 3.02. The van der Waals surface area contributed by atoms with Gasteiger partial charge < -0.3 is 11.1 Å². The summed E-state index contributed by atoms with van der Waals surface area (Å²) in [5.41, 5.74) is 9.57. The van der Waals surface area contributed by atoms with Crippen molar-refractivity contribution in [3.63, 3.8) is 0 Å². The highest BCUT2D eigenvalue weighted by Gasteiger charge is 2.44. The van der Waals surface area contributed by atoms with E-state index in [9.17, 15) is 9.59 Å². The van der Waals surface area contributed by atoms with Gasteiger partial charge in [0.1, 0.15) is 0 Å². The first-order chi connectivity index (χ1) is 11.0. The number of rotatable bonds is 4. The normalized spacial score (nSPS) is 19.2. The molecule has 2 atom stereocenters. The number of amides is 2. The molecule has 0 saturated heterocycles. The number of anilines is 1. The van der Waals surface area contributed by atoms with E-state index in [1.165, 1.54) is 11.1 Å². The van der Waals surface area contributed by atoms with Crippen LogP contribution < -0.4 is 11.1 Å². The Morgan fingerprint density at radius 2 is 1.87 bits per heavy atom. The highest BCUT2D eigenvalue weighted by molar-refractivity contribution is 6.00. The molecule has 3 N–H and O–H groups in total. The van der Waals surface area contributed by atoms with E-state index < -0.39 is 5.91 Å². The Balaban J connectivity index is 1.72. The largest absolute Gasteiger partial charge is 0.366 e. The quantitative estimate of drug-likeness (QED) is 0.910. The van der Waals surface area contributed by atoms with Crippen molar-refractivity contribution < 1.29 is 9.59 Å². The van der Waals surface area contributed by atoms with Crippen molar-refractivity contribution >= 4 is 17.5 Å². The second kappa shape index (κ2) is 5.88. The molecule has 0 aliphatic heterocycles. The molecule has 4 heteroatoms. The van der Waals surface area contributed by atoms with Gasteiger partial charge in [-0.15, -0.1) is 0 Å². The minimum absolute atomic E-state index is 0.00114. The first kappa shape index (κ1) is 15.3. The molecular formula is C19H20N2O2. The number of carbonyl (C=O) groups excluding carboxylic acids is 2. The lowest BCUT2D eigenvalue weighted by Crippen LogP contribution is -2.18. The zero-order valence-corrected chi connectivity index (χ0v) is 13.3. The van der Waals surface area contributed by atoms with Gasteiger partial charge in [0.05, 0.1) is 0 Å². The molecule has 0 bridgehead atoms. The molecule has 118 valence electrons. The summed E-state index contributed by atoms with van der Waals surface area (Å²) >= 11 is 0. The van der Waals surface area contributed by atoms with Crippen molar-refractivity contribution in [1.82, 2.24) is 0 Å². The third-order valence-corrected chi connectivity index (χ3v) is 4.45. The van der Waals surface area contributed by atoms with Crippen LogP contribution in [0.2, 0.25) is 0 Å². The first-order valence-corrected chi connectivity index (χ1v) is 7.74. The van der Waals surface area contributed by atoms with Crippen molar-refractivity contribution in [3.05, 3.63) is 64.7 Å². The van der Waals surface area contributed by atoms with E-state index in [1.807, 2.05) is 6.07 Å². The Kier molecular flexibility index (Phi) is 3.90. The maximum Gasteiger partial charge on any atom is 0.249 e. The molecule has 0 radical (unpaired) electrons. The maximum atomic E-state index is 12.4. The van der Waals surface area contributed by atoms with Crippen LogP contribution in [0.4, 0.5) is 5.69 Å². The van der Waals surface area contributed by atoms with E-state index in [0.29, 0.717) is 16.8 Å². The number of hydrogen-bond donors (Lipinski definition) is 2. The van der Waals surface area contributed by atoms with Gasteiger partial charge in [0.2, 0.25) is 11.8 Å². The Bertz CT molecular complexity index is 783. The van der Waals surface area contributed by atoms with Crippen LogP contribution in [0, 0.1) is 19.8 Å². The number of benzene rings is 2. The number of nitrogens with two attached hydrogens (primary N) is 1. The summed E-state index contributed by atoms with van der Waals surface area (Å²) < 4.78 is 0. The lowest BCUT2D eigenvalue weighted by Gasteiger charge is -2.11. The molecule has 1 fully saturated rings. The van der Waals surface area contributed by atoms with E-state index in [4.69, 9.17) is 5.73 Å². The average Bonchev–Trinajstić information content (AvgIpc) is 3.29. The molecule has 2 aromatic rings. The molecule has 0 aromatic heterocycles. The number of hydrogen-bond acceptors (Lipinski definition) is 2. The van der Waals surface area contributed by atoms with Crippen molar-refractivity contribution in [3.8, 4) is 0 Å². The van der Waals surface area contributed by atoms with Crippen molar-refractivity contribution in [2.24, 2.45) is 11.7 Å². The third kappa shape index (κ3) is 3.11. The highest BCUT2D eigenvalue weighted by atomic mass is 16.2. The van der Waals surface area contributed by atoms with Gasteiger partial charge in [0.15, 0.2) is 0 Å². The number of aryl methyl sites for hydroxylation is 1. The van der Waals surface area contributed by atoms with Crippen LogP contribution in [0.15, 0.2) is 42.5 Å². The van der Waals surface area contributed by atoms with Gasteiger partial charge in [0.25, 0.3) is 0 Å².